The Morgan fingerprint density at radius 1 is 1.25 bits per heavy atom. The number of benzene rings is 1. The highest BCUT2D eigenvalue weighted by atomic mass is 35.5. The average Bonchev–Trinajstić information content (AvgIpc) is 2.99. The first-order valence-electron chi connectivity index (χ1n) is 9.53. The van der Waals surface area contributed by atoms with Crippen molar-refractivity contribution < 1.29 is 0 Å². The van der Waals surface area contributed by atoms with Crippen LogP contribution in [0, 0.1) is 5.92 Å². The molecular weight excluding hydrogens is 399 g/mol. The van der Waals surface area contributed by atoms with Crippen molar-refractivity contribution in [3.63, 3.8) is 0 Å². The summed E-state index contributed by atoms with van der Waals surface area (Å²) in [5.41, 5.74) is 0.440. The smallest absolute Gasteiger partial charge is 0.319 e. The Bertz CT molecular complexity index is 1190. The summed E-state index contributed by atoms with van der Waals surface area (Å²) >= 11 is 12.4. The topological polar surface area (TPSA) is 61.8 Å². The maximum Gasteiger partial charge on any atom is 0.337 e. The monoisotopic (exact) mass is 420 g/mol. The molecule has 1 fully saturated rings. The molecule has 1 aliphatic carbocycles. The van der Waals surface area contributed by atoms with Crippen LogP contribution < -0.4 is 11.2 Å². The van der Waals surface area contributed by atoms with E-state index in [1.807, 2.05) is 11.5 Å². The standard InChI is InChI=1S/C20H22Cl2N4O2/c1-4-16-23-18-17(25(16)11(2)12-6-5-7-12)19(27)24(3)20(28)26(18)15-9-8-13(21)10-14(15)22/h8-12H,4-7H2,1-3H3. The molecular formula is C20H22Cl2N4O2. The van der Waals surface area contributed by atoms with Gasteiger partial charge in [0.15, 0.2) is 11.2 Å². The highest BCUT2D eigenvalue weighted by Crippen LogP contribution is 2.38. The van der Waals surface area contributed by atoms with E-state index >= 15 is 0 Å². The van der Waals surface area contributed by atoms with E-state index < -0.39 is 5.69 Å². The fourth-order valence-corrected chi connectivity index (χ4v) is 4.50. The molecule has 0 amide bonds. The zero-order valence-corrected chi connectivity index (χ0v) is 17.6. The number of hydrogen-bond acceptors (Lipinski definition) is 3. The van der Waals surface area contributed by atoms with Gasteiger partial charge in [-0.15, -0.1) is 0 Å². The molecule has 148 valence electrons. The van der Waals surface area contributed by atoms with Gasteiger partial charge in [-0.3, -0.25) is 9.36 Å². The average molecular weight is 421 g/mol. The number of halogens is 2. The van der Waals surface area contributed by atoms with Crippen molar-refractivity contribution in [1.29, 1.82) is 0 Å². The maximum atomic E-state index is 13.1. The van der Waals surface area contributed by atoms with E-state index in [1.54, 1.807) is 18.2 Å². The first-order chi connectivity index (χ1) is 13.3. The number of rotatable bonds is 4. The van der Waals surface area contributed by atoms with Crippen molar-refractivity contribution in [3.05, 3.63) is 54.9 Å². The van der Waals surface area contributed by atoms with Gasteiger partial charge in [-0.1, -0.05) is 36.5 Å². The summed E-state index contributed by atoms with van der Waals surface area (Å²) in [5.74, 6) is 1.32. The van der Waals surface area contributed by atoms with Crippen molar-refractivity contribution in [2.24, 2.45) is 13.0 Å². The van der Waals surface area contributed by atoms with Crippen molar-refractivity contribution in [2.75, 3.05) is 0 Å². The van der Waals surface area contributed by atoms with Crippen molar-refractivity contribution in [3.8, 4) is 5.69 Å². The number of hydrogen-bond donors (Lipinski definition) is 0. The minimum Gasteiger partial charge on any atom is -0.319 e. The zero-order chi connectivity index (χ0) is 20.2. The van der Waals surface area contributed by atoms with Gasteiger partial charge in [0.05, 0.1) is 10.7 Å². The van der Waals surface area contributed by atoms with Crippen LogP contribution in [0.5, 0.6) is 0 Å². The molecule has 2 heterocycles. The lowest BCUT2D eigenvalue weighted by Crippen LogP contribution is -2.38. The van der Waals surface area contributed by atoms with Crippen molar-refractivity contribution in [1.82, 2.24) is 18.7 Å². The summed E-state index contributed by atoms with van der Waals surface area (Å²) in [6, 6.07) is 5.07. The molecule has 0 radical (unpaired) electrons. The second kappa shape index (κ2) is 7.08. The Balaban J connectivity index is 2.11. The number of imidazole rings is 1. The molecule has 3 aromatic rings. The Labute approximate surface area is 172 Å². The summed E-state index contributed by atoms with van der Waals surface area (Å²) < 4.78 is 4.57. The van der Waals surface area contributed by atoms with Crippen LogP contribution in [0.3, 0.4) is 0 Å². The normalized spacial score (nSPS) is 15.8. The van der Waals surface area contributed by atoms with Gasteiger partial charge in [0.25, 0.3) is 5.56 Å². The second-order valence-corrected chi connectivity index (χ2v) is 8.28. The van der Waals surface area contributed by atoms with E-state index in [0.29, 0.717) is 39.2 Å². The lowest BCUT2D eigenvalue weighted by atomic mass is 9.80. The quantitative estimate of drug-likeness (QED) is 0.637. The first kappa shape index (κ1) is 19.3. The van der Waals surface area contributed by atoms with Gasteiger partial charge >= 0.3 is 5.69 Å². The molecule has 4 rings (SSSR count). The Morgan fingerprint density at radius 3 is 2.54 bits per heavy atom. The van der Waals surface area contributed by atoms with E-state index in [1.165, 1.54) is 18.0 Å². The lowest BCUT2D eigenvalue weighted by molar-refractivity contribution is 0.222. The third-order valence-electron chi connectivity index (χ3n) is 5.87. The Morgan fingerprint density at radius 2 is 1.96 bits per heavy atom. The van der Waals surface area contributed by atoms with Crippen LogP contribution >= 0.6 is 23.2 Å². The van der Waals surface area contributed by atoms with E-state index in [0.717, 1.165) is 23.2 Å². The third kappa shape index (κ3) is 2.81. The lowest BCUT2D eigenvalue weighted by Gasteiger charge is -2.33. The van der Waals surface area contributed by atoms with Gasteiger partial charge in [0, 0.05) is 24.5 Å². The molecule has 1 saturated carbocycles. The SMILES string of the molecule is CCc1nc2c(c(=O)n(C)c(=O)n2-c2ccc(Cl)cc2Cl)n1C(C)C1CCC1. The van der Waals surface area contributed by atoms with Crippen LogP contribution in [-0.4, -0.2) is 18.7 Å². The van der Waals surface area contributed by atoms with E-state index in [2.05, 4.69) is 6.92 Å². The van der Waals surface area contributed by atoms with Crippen LogP contribution in [0.4, 0.5) is 0 Å². The summed E-state index contributed by atoms with van der Waals surface area (Å²) in [6.07, 6.45) is 4.17. The fraction of sp³-hybridized carbons (Fsp3) is 0.450. The molecule has 0 spiro atoms. The first-order valence-corrected chi connectivity index (χ1v) is 10.3. The molecule has 1 aliphatic rings. The number of fused-ring (bicyclic) bond motifs is 1. The summed E-state index contributed by atoms with van der Waals surface area (Å²) in [6.45, 7) is 4.14. The molecule has 8 heteroatoms. The Hall–Kier alpha value is -2.05. The van der Waals surface area contributed by atoms with Crippen molar-refractivity contribution >= 4 is 34.4 Å². The number of nitrogens with zero attached hydrogens (tertiary/aromatic N) is 4. The van der Waals surface area contributed by atoms with E-state index in [9.17, 15) is 9.59 Å². The predicted octanol–water partition coefficient (Wildman–Crippen LogP) is 4.12. The highest BCUT2D eigenvalue weighted by Gasteiger charge is 2.30. The molecule has 0 aliphatic heterocycles. The van der Waals surface area contributed by atoms with Crippen molar-refractivity contribution in [2.45, 2.75) is 45.6 Å². The molecule has 0 bridgehead atoms. The summed E-state index contributed by atoms with van der Waals surface area (Å²) in [5, 5.41) is 0.801. The largest absolute Gasteiger partial charge is 0.337 e. The molecule has 1 atom stereocenters. The minimum atomic E-state index is -0.481. The zero-order valence-electron chi connectivity index (χ0n) is 16.1. The summed E-state index contributed by atoms with van der Waals surface area (Å²) in [7, 11) is 1.49. The van der Waals surface area contributed by atoms with Crippen LogP contribution in [0.25, 0.3) is 16.9 Å². The van der Waals surface area contributed by atoms with Gasteiger partial charge in [-0.25, -0.2) is 14.3 Å². The number of aromatic nitrogens is 4. The predicted molar refractivity (Wildman–Crippen MR) is 112 cm³/mol. The fourth-order valence-electron chi connectivity index (χ4n) is 4.01. The highest BCUT2D eigenvalue weighted by molar-refractivity contribution is 6.35. The molecule has 0 saturated heterocycles. The third-order valence-corrected chi connectivity index (χ3v) is 6.41. The molecule has 2 aromatic heterocycles. The molecule has 6 nitrogen and oxygen atoms in total. The summed E-state index contributed by atoms with van der Waals surface area (Å²) in [4.78, 5) is 30.8. The maximum absolute atomic E-state index is 13.1. The van der Waals surface area contributed by atoms with Gasteiger partial charge in [-0.05, 0) is 43.9 Å². The van der Waals surface area contributed by atoms with E-state index in [-0.39, 0.29) is 11.6 Å². The van der Waals surface area contributed by atoms with E-state index in [4.69, 9.17) is 28.2 Å². The van der Waals surface area contributed by atoms with Gasteiger partial charge < -0.3 is 4.57 Å². The van der Waals surface area contributed by atoms with Gasteiger partial charge in [-0.2, -0.15) is 0 Å². The second-order valence-electron chi connectivity index (χ2n) is 7.43. The van der Waals surface area contributed by atoms with Crippen LogP contribution in [0.15, 0.2) is 27.8 Å². The minimum absolute atomic E-state index is 0.146. The van der Waals surface area contributed by atoms with Crippen LogP contribution in [0.1, 0.15) is 45.0 Å². The van der Waals surface area contributed by atoms with Gasteiger partial charge in [0.1, 0.15) is 5.82 Å². The molecule has 1 aromatic carbocycles. The van der Waals surface area contributed by atoms with Gasteiger partial charge in [0.2, 0.25) is 0 Å². The molecule has 1 unspecified atom stereocenters. The Kier molecular flexibility index (Phi) is 4.88. The van der Waals surface area contributed by atoms with Crippen LogP contribution in [0.2, 0.25) is 10.0 Å². The van der Waals surface area contributed by atoms with Crippen LogP contribution in [-0.2, 0) is 13.5 Å². The molecule has 28 heavy (non-hydrogen) atoms. The molecule has 0 N–H and O–H groups in total. The number of aryl methyl sites for hydroxylation is 1.